The third-order valence-electron chi connectivity index (χ3n) is 17.5. The second-order valence-electron chi connectivity index (χ2n) is 25.7. The van der Waals surface area contributed by atoms with Gasteiger partial charge in [0.2, 0.25) is 5.91 Å². The van der Waals surface area contributed by atoms with E-state index in [0.29, 0.717) is 19.4 Å². The Balaban J connectivity index is 1.88. The average Bonchev–Trinajstić information content (AvgIpc) is 3.48. The van der Waals surface area contributed by atoms with Crippen LogP contribution >= 0.6 is 0 Å². The summed E-state index contributed by atoms with van der Waals surface area (Å²) in [6, 6.07) is -0.805. The molecule has 0 saturated carbocycles. The normalized spacial score (nSPS) is 18.1. The molecule has 0 aliphatic carbocycles. The highest BCUT2D eigenvalue weighted by Gasteiger charge is 2.44. The van der Waals surface area contributed by atoms with Crippen molar-refractivity contribution in [2.24, 2.45) is 0 Å². The van der Waals surface area contributed by atoms with Crippen LogP contribution in [0, 0.1) is 0 Å². The molecule has 1 aliphatic rings. The minimum absolute atomic E-state index is 0.00480. The van der Waals surface area contributed by atoms with Crippen molar-refractivity contribution in [2.75, 3.05) is 19.8 Å². The van der Waals surface area contributed by atoms with Gasteiger partial charge in [-0.1, -0.05) is 320 Å². The van der Waals surface area contributed by atoms with E-state index in [1.807, 2.05) is 6.08 Å². The Labute approximate surface area is 523 Å². The van der Waals surface area contributed by atoms with Gasteiger partial charge in [-0.05, 0) is 64.2 Å². The number of hydrogen-bond acceptors (Lipinski definition) is 10. The zero-order chi connectivity index (χ0) is 61.6. The standard InChI is InChI=1S/C74H139NO10/c1-3-5-7-9-11-13-14-15-16-17-33-36-39-42-46-50-54-58-62-70(79)83-63-59-55-51-47-43-40-37-34-31-29-27-25-23-21-19-18-20-22-24-26-28-30-32-35-38-41-45-49-53-57-61-69(78)75-66(67(77)60-56-52-48-44-12-10-8-6-4-2)65-84-74-73(82)72(81)71(80)68(64-76)85-74/h13-14,16-17,56,60,66-68,71-74,76-77,80-82H,3-12,15,18-55,57-59,61-65H2,1-2H3,(H,75,78)/b14-13-,17-16-,60-56+. The van der Waals surface area contributed by atoms with Gasteiger partial charge >= 0.3 is 5.97 Å². The zero-order valence-corrected chi connectivity index (χ0v) is 55.6. The molecule has 0 aromatic heterocycles. The summed E-state index contributed by atoms with van der Waals surface area (Å²) in [4.78, 5) is 25.1. The summed E-state index contributed by atoms with van der Waals surface area (Å²) in [6.07, 6.45) is 71.6. The van der Waals surface area contributed by atoms with E-state index in [9.17, 15) is 35.1 Å². The highest BCUT2D eigenvalue weighted by molar-refractivity contribution is 5.76. The van der Waals surface area contributed by atoms with E-state index in [1.165, 1.54) is 270 Å². The first-order valence-corrected chi connectivity index (χ1v) is 36.8. The molecular weight excluding hydrogens is 1060 g/mol. The van der Waals surface area contributed by atoms with Crippen molar-refractivity contribution in [3.05, 3.63) is 36.5 Å². The van der Waals surface area contributed by atoms with Crippen LogP contribution in [0.25, 0.3) is 0 Å². The van der Waals surface area contributed by atoms with Crippen LogP contribution in [0.5, 0.6) is 0 Å². The number of amides is 1. The first-order valence-electron chi connectivity index (χ1n) is 36.8. The molecule has 7 unspecified atom stereocenters. The van der Waals surface area contributed by atoms with E-state index in [2.05, 4.69) is 43.5 Å². The number of unbranched alkanes of at least 4 members (excludes halogenated alkanes) is 47. The number of allylic oxidation sites excluding steroid dienone is 5. The maximum absolute atomic E-state index is 13.0. The van der Waals surface area contributed by atoms with Gasteiger partial charge in [-0.15, -0.1) is 0 Å². The van der Waals surface area contributed by atoms with Crippen molar-refractivity contribution in [3.8, 4) is 0 Å². The molecule has 85 heavy (non-hydrogen) atoms. The molecule has 0 bridgehead atoms. The number of hydrogen-bond donors (Lipinski definition) is 6. The number of esters is 1. The number of carbonyl (C=O) groups is 2. The zero-order valence-electron chi connectivity index (χ0n) is 55.6. The molecule has 0 aromatic rings. The van der Waals surface area contributed by atoms with E-state index in [0.717, 1.165) is 64.2 Å². The van der Waals surface area contributed by atoms with Crippen LogP contribution in [-0.2, 0) is 23.8 Å². The molecule has 6 N–H and O–H groups in total. The van der Waals surface area contributed by atoms with E-state index >= 15 is 0 Å². The van der Waals surface area contributed by atoms with Crippen LogP contribution < -0.4 is 5.32 Å². The van der Waals surface area contributed by atoms with E-state index < -0.39 is 49.5 Å². The summed E-state index contributed by atoms with van der Waals surface area (Å²) in [7, 11) is 0. The minimum Gasteiger partial charge on any atom is -0.466 e. The van der Waals surface area contributed by atoms with Crippen LogP contribution in [0.4, 0.5) is 0 Å². The molecule has 1 saturated heterocycles. The number of aliphatic hydroxyl groups is 5. The smallest absolute Gasteiger partial charge is 0.305 e. The van der Waals surface area contributed by atoms with E-state index in [4.69, 9.17) is 14.2 Å². The van der Waals surface area contributed by atoms with Crippen LogP contribution in [0.1, 0.15) is 361 Å². The lowest BCUT2D eigenvalue weighted by Gasteiger charge is -2.40. The van der Waals surface area contributed by atoms with Gasteiger partial charge in [0, 0.05) is 12.8 Å². The molecule has 0 aromatic carbocycles. The van der Waals surface area contributed by atoms with Crippen molar-refractivity contribution in [1.29, 1.82) is 0 Å². The fraction of sp³-hybridized carbons (Fsp3) is 0.892. The lowest BCUT2D eigenvalue weighted by Crippen LogP contribution is -2.60. The number of ether oxygens (including phenoxy) is 3. The predicted molar refractivity (Wildman–Crippen MR) is 357 cm³/mol. The number of nitrogens with one attached hydrogen (secondary N) is 1. The summed E-state index contributed by atoms with van der Waals surface area (Å²) in [5.41, 5.74) is 0. The topological polar surface area (TPSA) is 175 Å². The lowest BCUT2D eigenvalue weighted by molar-refractivity contribution is -0.302. The summed E-state index contributed by atoms with van der Waals surface area (Å²) in [5.74, 6) is -0.174. The molecule has 0 radical (unpaired) electrons. The van der Waals surface area contributed by atoms with Gasteiger partial charge in [0.25, 0.3) is 0 Å². The van der Waals surface area contributed by atoms with Gasteiger partial charge < -0.3 is 45.1 Å². The van der Waals surface area contributed by atoms with Crippen LogP contribution in [0.2, 0.25) is 0 Å². The second kappa shape index (κ2) is 63.4. The maximum atomic E-state index is 13.0. The van der Waals surface area contributed by atoms with Gasteiger partial charge in [-0.25, -0.2) is 0 Å². The van der Waals surface area contributed by atoms with Crippen molar-refractivity contribution in [1.82, 2.24) is 5.32 Å². The summed E-state index contributed by atoms with van der Waals surface area (Å²) < 4.78 is 16.7. The molecule has 1 heterocycles. The van der Waals surface area contributed by atoms with Gasteiger partial charge in [0.15, 0.2) is 6.29 Å². The highest BCUT2D eigenvalue weighted by atomic mass is 16.7. The van der Waals surface area contributed by atoms with Gasteiger partial charge in [0.1, 0.15) is 24.4 Å². The quantitative estimate of drug-likeness (QED) is 0.0195. The second-order valence-corrected chi connectivity index (χ2v) is 25.7. The number of rotatable bonds is 65. The maximum Gasteiger partial charge on any atom is 0.305 e. The lowest BCUT2D eigenvalue weighted by atomic mass is 9.99. The summed E-state index contributed by atoms with van der Waals surface area (Å²) in [6.45, 7) is 4.33. The minimum atomic E-state index is -1.57. The third kappa shape index (κ3) is 52.4. The van der Waals surface area contributed by atoms with Crippen LogP contribution in [0.3, 0.4) is 0 Å². The molecular formula is C74H139NO10. The molecule has 7 atom stereocenters. The van der Waals surface area contributed by atoms with Crippen molar-refractivity contribution >= 4 is 11.9 Å². The predicted octanol–water partition coefficient (Wildman–Crippen LogP) is 19.0. The molecule has 1 aliphatic heterocycles. The molecule has 0 spiro atoms. The summed E-state index contributed by atoms with van der Waals surface area (Å²) in [5, 5.41) is 54.3. The molecule has 11 nitrogen and oxygen atoms in total. The third-order valence-corrected chi connectivity index (χ3v) is 17.5. The van der Waals surface area contributed by atoms with Crippen molar-refractivity contribution < 1.29 is 49.3 Å². The Bertz CT molecular complexity index is 1510. The Hall–Kier alpha value is -2.12. The first kappa shape index (κ1) is 80.9. The van der Waals surface area contributed by atoms with Gasteiger partial charge in [-0.3, -0.25) is 9.59 Å². The Morgan fingerprint density at radius 3 is 1.20 bits per heavy atom. The van der Waals surface area contributed by atoms with Gasteiger partial charge in [-0.2, -0.15) is 0 Å². The molecule has 11 heteroatoms. The Kier molecular flexibility index (Phi) is 60.4. The van der Waals surface area contributed by atoms with E-state index in [-0.39, 0.29) is 18.5 Å². The number of carbonyl (C=O) groups excluding carboxylic acids is 2. The highest BCUT2D eigenvalue weighted by Crippen LogP contribution is 2.23. The fourth-order valence-electron chi connectivity index (χ4n) is 11.7. The Morgan fingerprint density at radius 2 is 0.788 bits per heavy atom. The molecule has 500 valence electrons. The number of aliphatic hydroxyl groups excluding tert-OH is 5. The summed E-state index contributed by atoms with van der Waals surface area (Å²) >= 11 is 0. The van der Waals surface area contributed by atoms with Crippen molar-refractivity contribution in [3.63, 3.8) is 0 Å². The SMILES string of the molecule is CCCCCC/C=C\C/C=C\CCCCCCCCCC(=O)OCCCCCCCCCCCCCCCCCCCCCCCCCCCCCCCCC(=O)NC(COC1OC(CO)C(O)C(O)C1O)C(O)/C=C/CCCCCCCCC. The average molecular weight is 1200 g/mol. The first-order chi connectivity index (χ1) is 41.7. The molecule has 1 amide bonds. The van der Waals surface area contributed by atoms with Crippen LogP contribution in [-0.4, -0.2) is 100 Å². The van der Waals surface area contributed by atoms with Crippen LogP contribution in [0.15, 0.2) is 36.5 Å². The molecule has 1 rings (SSSR count). The fourth-order valence-corrected chi connectivity index (χ4v) is 11.7. The largest absolute Gasteiger partial charge is 0.466 e. The van der Waals surface area contributed by atoms with Crippen molar-refractivity contribution in [2.45, 2.75) is 403 Å². The monoisotopic (exact) mass is 1200 g/mol. The van der Waals surface area contributed by atoms with E-state index in [1.54, 1.807) is 6.08 Å². The molecule has 1 fully saturated rings. The van der Waals surface area contributed by atoms with Gasteiger partial charge in [0.05, 0.1) is 32.0 Å². The Morgan fingerprint density at radius 1 is 0.435 bits per heavy atom.